The lowest BCUT2D eigenvalue weighted by atomic mass is 10.1. The monoisotopic (exact) mass is 381 g/mol. The van der Waals surface area contributed by atoms with Crippen LogP contribution in [0.25, 0.3) is 11.5 Å². The van der Waals surface area contributed by atoms with Gasteiger partial charge in [-0.3, -0.25) is 10.1 Å². The Morgan fingerprint density at radius 3 is 2.50 bits per heavy atom. The molecular weight excluding hydrogens is 358 g/mol. The number of nitrogens with zero attached hydrogens (tertiary/aromatic N) is 2. The molecular formula is C21H23N3O4. The predicted molar refractivity (Wildman–Crippen MR) is 106 cm³/mol. The summed E-state index contributed by atoms with van der Waals surface area (Å²) in [4.78, 5) is 16.2. The first-order valence-electron chi connectivity index (χ1n) is 9.12. The van der Waals surface area contributed by atoms with Gasteiger partial charge in [-0.25, -0.2) is 0 Å². The van der Waals surface area contributed by atoms with Crippen LogP contribution in [-0.2, 0) is 4.79 Å². The van der Waals surface area contributed by atoms with E-state index in [-0.39, 0.29) is 18.5 Å². The molecule has 1 N–H and O–H groups in total. The normalized spacial score (nSPS) is 10.5. The number of anilines is 1. The van der Waals surface area contributed by atoms with Crippen molar-refractivity contribution < 1.29 is 18.8 Å². The lowest BCUT2D eigenvalue weighted by Gasteiger charge is -2.07. The summed E-state index contributed by atoms with van der Waals surface area (Å²) in [5.41, 5.74) is 3.01. The first-order chi connectivity index (χ1) is 13.5. The van der Waals surface area contributed by atoms with E-state index in [0.717, 1.165) is 23.3 Å². The van der Waals surface area contributed by atoms with E-state index in [9.17, 15) is 4.79 Å². The molecule has 0 saturated carbocycles. The van der Waals surface area contributed by atoms with Gasteiger partial charge < -0.3 is 14.0 Å². The van der Waals surface area contributed by atoms with Gasteiger partial charge in [0.2, 0.25) is 0 Å². The van der Waals surface area contributed by atoms with Crippen molar-refractivity contribution in [3.63, 3.8) is 0 Å². The minimum absolute atomic E-state index is 0.0926. The lowest BCUT2D eigenvalue weighted by Crippen LogP contribution is -2.20. The van der Waals surface area contributed by atoms with Crippen LogP contribution < -0.4 is 14.8 Å². The summed E-state index contributed by atoms with van der Waals surface area (Å²) in [6, 6.07) is 13.0. The SMILES string of the molecule is CCCOc1ccc(-c2nc(NC(=O)COc3ccc(C)c(C)c3)no2)cc1. The molecule has 3 aromatic rings. The Morgan fingerprint density at radius 1 is 1.04 bits per heavy atom. The minimum atomic E-state index is -0.367. The van der Waals surface area contributed by atoms with Gasteiger partial charge in [-0.05, 0) is 73.0 Å². The van der Waals surface area contributed by atoms with Crippen LogP contribution in [0.15, 0.2) is 47.0 Å². The molecule has 0 aliphatic rings. The average Bonchev–Trinajstić information content (AvgIpc) is 3.16. The van der Waals surface area contributed by atoms with Crippen LogP contribution in [0, 0.1) is 13.8 Å². The topological polar surface area (TPSA) is 86.5 Å². The summed E-state index contributed by atoms with van der Waals surface area (Å²) in [6.07, 6.45) is 0.946. The number of nitrogens with one attached hydrogen (secondary N) is 1. The number of hydrogen-bond donors (Lipinski definition) is 1. The molecule has 2 aromatic carbocycles. The number of carbonyl (C=O) groups excluding carboxylic acids is 1. The summed E-state index contributed by atoms with van der Waals surface area (Å²) < 4.78 is 16.3. The van der Waals surface area contributed by atoms with E-state index in [2.05, 4.69) is 22.4 Å². The Morgan fingerprint density at radius 2 is 1.79 bits per heavy atom. The zero-order valence-electron chi connectivity index (χ0n) is 16.2. The standard InChI is InChI=1S/C21H23N3O4/c1-4-11-26-17-9-6-16(7-10-17)20-23-21(24-28-20)22-19(25)13-27-18-8-5-14(2)15(3)12-18/h5-10,12H,4,11,13H2,1-3H3,(H,22,24,25). The van der Waals surface area contributed by atoms with Crippen molar-refractivity contribution in [2.75, 3.05) is 18.5 Å². The summed E-state index contributed by atoms with van der Waals surface area (Å²) in [6.45, 7) is 6.59. The Hall–Kier alpha value is -3.35. The van der Waals surface area contributed by atoms with Crippen LogP contribution >= 0.6 is 0 Å². The molecule has 7 nitrogen and oxygen atoms in total. The van der Waals surface area contributed by atoms with E-state index in [1.165, 1.54) is 5.56 Å². The van der Waals surface area contributed by atoms with Gasteiger partial charge in [0.1, 0.15) is 11.5 Å². The van der Waals surface area contributed by atoms with Crippen LogP contribution in [0.3, 0.4) is 0 Å². The summed E-state index contributed by atoms with van der Waals surface area (Å²) in [5.74, 6) is 1.45. The summed E-state index contributed by atoms with van der Waals surface area (Å²) in [5, 5.41) is 6.34. The van der Waals surface area contributed by atoms with Crippen LogP contribution in [-0.4, -0.2) is 29.3 Å². The Kier molecular flexibility index (Phi) is 6.26. The number of rotatable bonds is 8. The van der Waals surface area contributed by atoms with E-state index in [0.29, 0.717) is 18.2 Å². The van der Waals surface area contributed by atoms with E-state index < -0.39 is 0 Å². The van der Waals surface area contributed by atoms with Crippen LogP contribution in [0.5, 0.6) is 11.5 Å². The quantitative estimate of drug-likeness (QED) is 0.630. The van der Waals surface area contributed by atoms with Gasteiger partial charge in [0, 0.05) is 5.56 Å². The minimum Gasteiger partial charge on any atom is -0.494 e. The van der Waals surface area contributed by atoms with Crippen molar-refractivity contribution >= 4 is 11.9 Å². The fourth-order valence-corrected chi connectivity index (χ4v) is 2.42. The van der Waals surface area contributed by atoms with Crippen molar-refractivity contribution in [3.8, 4) is 23.0 Å². The van der Waals surface area contributed by atoms with Gasteiger partial charge in [0.05, 0.1) is 6.61 Å². The second-order valence-corrected chi connectivity index (χ2v) is 6.38. The fraction of sp³-hybridized carbons (Fsp3) is 0.286. The van der Waals surface area contributed by atoms with Gasteiger partial charge >= 0.3 is 0 Å². The first-order valence-corrected chi connectivity index (χ1v) is 9.12. The van der Waals surface area contributed by atoms with E-state index in [1.54, 1.807) is 0 Å². The van der Waals surface area contributed by atoms with Gasteiger partial charge in [-0.15, -0.1) is 0 Å². The average molecular weight is 381 g/mol. The highest BCUT2D eigenvalue weighted by Crippen LogP contribution is 2.22. The maximum absolute atomic E-state index is 12.1. The second kappa shape index (κ2) is 9.03. The molecule has 146 valence electrons. The molecule has 0 aliphatic carbocycles. The molecule has 0 radical (unpaired) electrons. The van der Waals surface area contributed by atoms with E-state index in [1.807, 2.05) is 56.3 Å². The molecule has 0 unspecified atom stereocenters. The molecule has 28 heavy (non-hydrogen) atoms. The maximum atomic E-state index is 12.1. The van der Waals surface area contributed by atoms with Crippen molar-refractivity contribution in [3.05, 3.63) is 53.6 Å². The van der Waals surface area contributed by atoms with Crippen molar-refractivity contribution in [1.29, 1.82) is 0 Å². The molecule has 0 saturated heterocycles. The zero-order chi connectivity index (χ0) is 19.9. The van der Waals surface area contributed by atoms with Gasteiger partial charge in [0.15, 0.2) is 6.61 Å². The molecule has 0 aliphatic heterocycles. The Labute approximate surface area is 163 Å². The lowest BCUT2D eigenvalue weighted by molar-refractivity contribution is -0.118. The number of ether oxygens (including phenoxy) is 2. The Balaban J connectivity index is 1.54. The van der Waals surface area contributed by atoms with E-state index >= 15 is 0 Å². The fourth-order valence-electron chi connectivity index (χ4n) is 2.42. The molecule has 0 fully saturated rings. The highest BCUT2D eigenvalue weighted by Gasteiger charge is 2.12. The molecule has 1 heterocycles. The third-order valence-electron chi connectivity index (χ3n) is 4.10. The number of amides is 1. The van der Waals surface area contributed by atoms with Crippen molar-refractivity contribution in [1.82, 2.24) is 10.1 Å². The number of hydrogen-bond acceptors (Lipinski definition) is 6. The molecule has 0 bridgehead atoms. The molecule has 7 heteroatoms. The highest BCUT2D eigenvalue weighted by molar-refractivity contribution is 5.90. The predicted octanol–water partition coefficient (Wildman–Crippen LogP) is 4.16. The van der Waals surface area contributed by atoms with Gasteiger partial charge in [-0.1, -0.05) is 13.0 Å². The highest BCUT2D eigenvalue weighted by atomic mass is 16.5. The van der Waals surface area contributed by atoms with Gasteiger partial charge in [-0.2, -0.15) is 4.98 Å². The summed E-state index contributed by atoms with van der Waals surface area (Å²) in [7, 11) is 0. The largest absolute Gasteiger partial charge is 0.494 e. The number of aryl methyl sites for hydroxylation is 2. The third-order valence-corrected chi connectivity index (χ3v) is 4.10. The van der Waals surface area contributed by atoms with E-state index in [4.69, 9.17) is 14.0 Å². The van der Waals surface area contributed by atoms with Crippen LogP contribution in [0.1, 0.15) is 24.5 Å². The zero-order valence-corrected chi connectivity index (χ0v) is 16.2. The molecule has 1 amide bonds. The van der Waals surface area contributed by atoms with Crippen LogP contribution in [0.4, 0.5) is 5.95 Å². The summed E-state index contributed by atoms with van der Waals surface area (Å²) >= 11 is 0. The van der Waals surface area contributed by atoms with Crippen molar-refractivity contribution in [2.24, 2.45) is 0 Å². The second-order valence-electron chi connectivity index (χ2n) is 6.38. The maximum Gasteiger partial charge on any atom is 0.270 e. The molecule has 1 aromatic heterocycles. The molecule has 0 atom stereocenters. The molecule has 3 rings (SSSR count). The van der Waals surface area contributed by atoms with Gasteiger partial charge in [0.25, 0.3) is 17.7 Å². The van der Waals surface area contributed by atoms with Crippen LogP contribution in [0.2, 0.25) is 0 Å². The first kappa shape index (κ1) is 19.4. The number of aromatic nitrogens is 2. The number of benzene rings is 2. The number of carbonyl (C=O) groups is 1. The molecule has 0 spiro atoms. The van der Waals surface area contributed by atoms with Crippen molar-refractivity contribution in [2.45, 2.75) is 27.2 Å². The Bertz CT molecular complexity index is 935. The third kappa shape index (κ3) is 5.09. The smallest absolute Gasteiger partial charge is 0.270 e.